The molecule has 0 fully saturated rings. The molecule has 0 atom stereocenters. The molecule has 1 amide bonds. The van der Waals surface area contributed by atoms with Crippen LogP contribution in [-0.2, 0) is 6.42 Å². The number of carbonyl (C=O) groups excluding carboxylic acids is 1. The molecular weight excluding hydrogens is 250 g/mol. The van der Waals surface area contributed by atoms with Crippen LogP contribution in [0.3, 0.4) is 0 Å². The molecule has 2 aromatic carbocycles. The Morgan fingerprint density at radius 3 is 2.35 bits per heavy atom. The van der Waals surface area contributed by atoms with Crippen molar-refractivity contribution in [1.29, 1.82) is 0 Å². The summed E-state index contributed by atoms with van der Waals surface area (Å²) < 4.78 is 0. The molecule has 0 aliphatic rings. The summed E-state index contributed by atoms with van der Waals surface area (Å²) in [6, 6.07) is 17.3. The van der Waals surface area contributed by atoms with Gasteiger partial charge < -0.3 is 10.7 Å². The van der Waals surface area contributed by atoms with Crippen molar-refractivity contribution < 1.29 is 4.79 Å². The average Bonchev–Trinajstić information content (AvgIpc) is 2.52. The van der Waals surface area contributed by atoms with E-state index in [1.165, 1.54) is 5.56 Å². The Morgan fingerprint density at radius 1 is 1.00 bits per heavy atom. The van der Waals surface area contributed by atoms with Crippen molar-refractivity contribution in [3.8, 4) is 0 Å². The van der Waals surface area contributed by atoms with Gasteiger partial charge in [0.2, 0.25) is 0 Å². The molecule has 4 nitrogen and oxygen atoms in total. The first-order chi connectivity index (χ1) is 9.79. The third-order valence-electron chi connectivity index (χ3n) is 3.08. The number of nitrogens with one attached hydrogen (secondary N) is 2. The van der Waals surface area contributed by atoms with Gasteiger partial charge in [-0.1, -0.05) is 30.3 Å². The van der Waals surface area contributed by atoms with Crippen molar-refractivity contribution in [2.24, 2.45) is 5.84 Å². The highest BCUT2D eigenvalue weighted by Crippen LogP contribution is 2.08. The van der Waals surface area contributed by atoms with Crippen LogP contribution in [0.15, 0.2) is 54.6 Å². The van der Waals surface area contributed by atoms with Gasteiger partial charge in [0.25, 0.3) is 5.91 Å². The smallest absolute Gasteiger partial charge is 0.251 e. The molecular formula is C16H19N3O. The Labute approximate surface area is 119 Å². The van der Waals surface area contributed by atoms with Crippen molar-refractivity contribution in [1.82, 2.24) is 5.32 Å². The van der Waals surface area contributed by atoms with Crippen molar-refractivity contribution in [3.63, 3.8) is 0 Å². The lowest BCUT2D eigenvalue weighted by Crippen LogP contribution is -2.24. The molecule has 2 aromatic rings. The third kappa shape index (κ3) is 4.10. The van der Waals surface area contributed by atoms with E-state index < -0.39 is 0 Å². The summed E-state index contributed by atoms with van der Waals surface area (Å²) in [4.78, 5) is 11.9. The van der Waals surface area contributed by atoms with E-state index in [9.17, 15) is 4.79 Å². The standard InChI is InChI=1S/C16H19N3O/c17-19-15-10-8-14(9-11-15)16(20)18-12-4-7-13-5-2-1-3-6-13/h1-3,5-6,8-11,19H,4,7,12,17H2,(H,18,20). The zero-order valence-electron chi connectivity index (χ0n) is 11.3. The maximum atomic E-state index is 11.9. The van der Waals surface area contributed by atoms with Gasteiger partial charge >= 0.3 is 0 Å². The van der Waals surface area contributed by atoms with Crippen molar-refractivity contribution >= 4 is 11.6 Å². The zero-order valence-corrected chi connectivity index (χ0v) is 11.3. The Bertz CT molecular complexity index is 537. The Hall–Kier alpha value is -2.33. The van der Waals surface area contributed by atoms with Gasteiger partial charge in [0.1, 0.15) is 0 Å². The molecule has 0 spiro atoms. The van der Waals surface area contributed by atoms with Crippen LogP contribution in [-0.4, -0.2) is 12.5 Å². The zero-order chi connectivity index (χ0) is 14.2. The van der Waals surface area contributed by atoms with Crippen LogP contribution >= 0.6 is 0 Å². The predicted molar refractivity (Wildman–Crippen MR) is 81.3 cm³/mol. The number of amides is 1. The largest absolute Gasteiger partial charge is 0.352 e. The molecule has 0 saturated carbocycles. The molecule has 0 bridgehead atoms. The van der Waals surface area contributed by atoms with Gasteiger partial charge in [0.15, 0.2) is 0 Å². The summed E-state index contributed by atoms with van der Waals surface area (Å²) in [7, 11) is 0. The molecule has 0 radical (unpaired) electrons. The van der Waals surface area contributed by atoms with E-state index in [4.69, 9.17) is 5.84 Å². The second kappa shape index (κ2) is 7.31. The van der Waals surface area contributed by atoms with Crippen LogP contribution in [0.2, 0.25) is 0 Å². The van der Waals surface area contributed by atoms with Crippen molar-refractivity contribution in [2.45, 2.75) is 12.8 Å². The monoisotopic (exact) mass is 269 g/mol. The van der Waals surface area contributed by atoms with E-state index in [0.29, 0.717) is 12.1 Å². The number of hydrazine groups is 1. The highest BCUT2D eigenvalue weighted by atomic mass is 16.1. The van der Waals surface area contributed by atoms with Gasteiger partial charge in [0.05, 0.1) is 0 Å². The molecule has 104 valence electrons. The highest BCUT2D eigenvalue weighted by molar-refractivity contribution is 5.94. The fraction of sp³-hybridized carbons (Fsp3) is 0.188. The van der Waals surface area contributed by atoms with E-state index in [1.807, 2.05) is 18.2 Å². The number of nitrogen functional groups attached to an aromatic ring is 1. The summed E-state index contributed by atoms with van der Waals surface area (Å²) in [6.07, 6.45) is 1.90. The Balaban J connectivity index is 1.74. The number of rotatable bonds is 6. The van der Waals surface area contributed by atoms with Crippen LogP contribution in [0.4, 0.5) is 5.69 Å². The number of benzene rings is 2. The van der Waals surface area contributed by atoms with Crippen LogP contribution in [0.5, 0.6) is 0 Å². The summed E-state index contributed by atoms with van der Waals surface area (Å²) in [5, 5.41) is 2.92. The van der Waals surface area contributed by atoms with Crippen LogP contribution in [0.1, 0.15) is 22.3 Å². The topological polar surface area (TPSA) is 67.1 Å². The fourth-order valence-electron chi connectivity index (χ4n) is 1.96. The molecule has 0 heterocycles. The minimum atomic E-state index is -0.0540. The van der Waals surface area contributed by atoms with Gasteiger partial charge in [-0.05, 0) is 42.7 Å². The lowest BCUT2D eigenvalue weighted by Gasteiger charge is -2.06. The molecule has 4 N–H and O–H groups in total. The normalized spacial score (nSPS) is 10.1. The third-order valence-corrected chi connectivity index (χ3v) is 3.08. The van der Waals surface area contributed by atoms with Crippen molar-refractivity contribution in [2.75, 3.05) is 12.0 Å². The molecule has 20 heavy (non-hydrogen) atoms. The SMILES string of the molecule is NNc1ccc(C(=O)NCCCc2ccccc2)cc1. The molecule has 2 rings (SSSR count). The first-order valence-electron chi connectivity index (χ1n) is 6.68. The van der Waals surface area contributed by atoms with Crippen LogP contribution < -0.4 is 16.6 Å². The Kier molecular flexibility index (Phi) is 5.15. The highest BCUT2D eigenvalue weighted by Gasteiger charge is 2.04. The van der Waals surface area contributed by atoms with E-state index in [0.717, 1.165) is 18.5 Å². The van der Waals surface area contributed by atoms with E-state index in [-0.39, 0.29) is 5.91 Å². The maximum Gasteiger partial charge on any atom is 0.251 e. The van der Waals surface area contributed by atoms with Crippen molar-refractivity contribution in [3.05, 3.63) is 65.7 Å². The number of nitrogens with two attached hydrogens (primary N) is 1. The lowest BCUT2D eigenvalue weighted by molar-refractivity contribution is 0.0953. The quantitative estimate of drug-likeness (QED) is 0.428. The second-order valence-corrected chi connectivity index (χ2v) is 4.57. The van der Waals surface area contributed by atoms with Crippen LogP contribution in [0.25, 0.3) is 0 Å². The van der Waals surface area contributed by atoms with Gasteiger partial charge in [-0.2, -0.15) is 0 Å². The molecule has 0 aromatic heterocycles. The predicted octanol–water partition coefficient (Wildman–Crippen LogP) is 2.33. The molecule has 4 heteroatoms. The van der Waals surface area contributed by atoms with Gasteiger partial charge in [-0.3, -0.25) is 10.6 Å². The first-order valence-corrected chi connectivity index (χ1v) is 6.68. The van der Waals surface area contributed by atoms with Gasteiger partial charge in [0, 0.05) is 17.8 Å². The van der Waals surface area contributed by atoms with Crippen LogP contribution in [0, 0.1) is 0 Å². The van der Waals surface area contributed by atoms with E-state index in [1.54, 1.807) is 24.3 Å². The minimum absolute atomic E-state index is 0.0540. The number of carbonyl (C=O) groups is 1. The molecule has 0 aliphatic carbocycles. The summed E-state index contributed by atoms with van der Waals surface area (Å²) in [5.74, 6) is 5.22. The maximum absolute atomic E-state index is 11.9. The number of anilines is 1. The second-order valence-electron chi connectivity index (χ2n) is 4.57. The number of hydrogen-bond donors (Lipinski definition) is 3. The minimum Gasteiger partial charge on any atom is -0.352 e. The molecule has 0 unspecified atom stereocenters. The number of hydrogen-bond acceptors (Lipinski definition) is 3. The molecule has 0 saturated heterocycles. The summed E-state index contributed by atoms with van der Waals surface area (Å²) in [5.41, 5.74) is 5.25. The summed E-state index contributed by atoms with van der Waals surface area (Å²) in [6.45, 7) is 0.671. The van der Waals surface area contributed by atoms with E-state index >= 15 is 0 Å². The lowest BCUT2D eigenvalue weighted by atomic mass is 10.1. The van der Waals surface area contributed by atoms with Gasteiger partial charge in [-0.15, -0.1) is 0 Å². The summed E-state index contributed by atoms with van der Waals surface area (Å²) >= 11 is 0. The Morgan fingerprint density at radius 2 is 1.70 bits per heavy atom. The number of aryl methyl sites for hydroxylation is 1. The van der Waals surface area contributed by atoms with Gasteiger partial charge in [-0.25, -0.2) is 0 Å². The van der Waals surface area contributed by atoms with E-state index in [2.05, 4.69) is 22.9 Å². The first kappa shape index (κ1) is 14.1. The average molecular weight is 269 g/mol. The molecule has 0 aliphatic heterocycles. The fourth-order valence-corrected chi connectivity index (χ4v) is 1.96.